The van der Waals surface area contributed by atoms with Gasteiger partial charge in [-0.3, -0.25) is 14.9 Å². The first-order chi connectivity index (χ1) is 10.5. The minimum absolute atomic E-state index is 0.0352. The molecule has 0 heterocycles. The number of benzene rings is 2. The first kappa shape index (κ1) is 17.2. The van der Waals surface area contributed by atoms with Gasteiger partial charge in [0.1, 0.15) is 28.5 Å². The van der Waals surface area contributed by atoms with E-state index >= 15 is 0 Å². The number of nitrogen functional groups attached to an aromatic ring is 1. The molecule has 114 valence electrons. The summed E-state index contributed by atoms with van der Waals surface area (Å²) < 4.78 is 5.49. The first-order valence-corrected chi connectivity index (χ1v) is 6.40. The number of nitrogens with zero attached hydrogens (tertiary/aromatic N) is 1. The fraction of sp³-hybridized carbons (Fsp3) is 0. The molecule has 0 aliphatic heterocycles. The van der Waals surface area contributed by atoms with Crippen LogP contribution in [0.1, 0.15) is 0 Å². The Balaban J connectivity index is 0.000000541. The molecular weight excluding hydrogens is 308 g/mol. The summed E-state index contributed by atoms with van der Waals surface area (Å²) in [5.41, 5.74) is 5.25. The molecule has 2 aromatic rings. The molecule has 6 nitrogen and oxygen atoms in total. The van der Waals surface area contributed by atoms with Crippen LogP contribution in [-0.4, -0.2) is 11.2 Å². The van der Waals surface area contributed by atoms with Gasteiger partial charge in [-0.15, -0.1) is 0 Å². The predicted octanol–water partition coefficient (Wildman–Crippen LogP) is 3.99. The zero-order chi connectivity index (χ0) is 16.5. The van der Waals surface area contributed by atoms with Crippen molar-refractivity contribution >= 4 is 29.3 Å². The average molecular weight is 321 g/mol. The van der Waals surface area contributed by atoms with Crippen LogP contribution in [0.15, 0.2) is 55.1 Å². The molecular formula is C15H13ClN2O4. The number of allylic oxidation sites excluding steroid dienone is 1. The third kappa shape index (κ3) is 4.60. The summed E-state index contributed by atoms with van der Waals surface area (Å²) >= 11 is 5.94. The van der Waals surface area contributed by atoms with E-state index in [9.17, 15) is 10.1 Å². The Labute approximate surface area is 131 Å². The molecule has 0 unspecified atom stereocenters. The van der Waals surface area contributed by atoms with Gasteiger partial charge in [-0.25, -0.2) is 0 Å². The highest BCUT2D eigenvalue weighted by molar-refractivity contribution is 6.35. The maximum absolute atomic E-state index is 10.7. The van der Waals surface area contributed by atoms with Crippen LogP contribution in [0.3, 0.4) is 0 Å². The molecule has 0 bridgehead atoms. The van der Waals surface area contributed by atoms with Crippen LogP contribution in [0, 0.1) is 10.1 Å². The molecule has 0 spiro atoms. The van der Waals surface area contributed by atoms with Crippen molar-refractivity contribution in [2.45, 2.75) is 0 Å². The number of hydrogen-bond acceptors (Lipinski definition) is 5. The van der Waals surface area contributed by atoms with Crippen LogP contribution in [0.2, 0.25) is 5.02 Å². The smallest absolute Gasteiger partial charge is 0.293 e. The Hall–Kier alpha value is -2.86. The number of para-hydroxylation sites is 1. The van der Waals surface area contributed by atoms with Gasteiger partial charge in [-0.05, 0) is 24.3 Å². The van der Waals surface area contributed by atoms with E-state index in [1.54, 1.807) is 24.3 Å². The molecule has 2 N–H and O–H groups in total. The highest BCUT2D eigenvalue weighted by Crippen LogP contribution is 2.38. The molecule has 0 atom stereocenters. The molecule has 0 aromatic heterocycles. The van der Waals surface area contributed by atoms with Gasteiger partial charge >= 0.3 is 0 Å². The number of ether oxygens (including phenoxy) is 1. The Morgan fingerprint density at radius 2 is 1.82 bits per heavy atom. The van der Waals surface area contributed by atoms with Gasteiger partial charge in [0.15, 0.2) is 0 Å². The minimum atomic E-state index is -0.590. The lowest BCUT2D eigenvalue weighted by Gasteiger charge is -2.08. The summed E-state index contributed by atoms with van der Waals surface area (Å²) in [6.45, 7) is 3.11. The van der Waals surface area contributed by atoms with Gasteiger partial charge in [0, 0.05) is 6.07 Å². The molecule has 0 aliphatic rings. The van der Waals surface area contributed by atoms with Gasteiger partial charge in [0.05, 0.1) is 4.92 Å². The van der Waals surface area contributed by atoms with Crippen molar-refractivity contribution in [2.75, 3.05) is 5.73 Å². The molecule has 0 saturated carbocycles. The molecule has 0 amide bonds. The van der Waals surface area contributed by atoms with Crippen molar-refractivity contribution in [3.63, 3.8) is 0 Å². The van der Waals surface area contributed by atoms with E-state index in [0.29, 0.717) is 12.0 Å². The number of halogens is 1. The number of carbonyl (C=O) groups is 1. The maximum Gasteiger partial charge on any atom is 0.293 e. The summed E-state index contributed by atoms with van der Waals surface area (Å²) in [6, 6.07) is 11.6. The van der Waals surface area contributed by atoms with Crippen molar-refractivity contribution < 1.29 is 14.5 Å². The fourth-order valence-electron chi connectivity index (χ4n) is 1.42. The van der Waals surface area contributed by atoms with Crippen molar-refractivity contribution in [2.24, 2.45) is 0 Å². The van der Waals surface area contributed by atoms with E-state index in [1.807, 2.05) is 6.07 Å². The molecule has 0 fully saturated rings. The maximum atomic E-state index is 10.7. The van der Waals surface area contributed by atoms with E-state index < -0.39 is 4.92 Å². The standard InChI is InChI=1S/C12H9ClN2O3.C3H4O/c13-11-10(18-8-4-2-1-3-5-8)7-6-9(12(11)14)15(16)17;1-2-3-4/h1-7H,14H2;2-3H,1H2. The Morgan fingerprint density at radius 3 is 2.32 bits per heavy atom. The number of rotatable bonds is 4. The van der Waals surface area contributed by atoms with Crippen molar-refractivity contribution in [1.82, 2.24) is 0 Å². The number of hydrogen-bond donors (Lipinski definition) is 1. The summed E-state index contributed by atoms with van der Waals surface area (Å²) in [5.74, 6) is 0.860. The lowest BCUT2D eigenvalue weighted by atomic mass is 10.2. The monoisotopic (exact) mass is 320 g/mol. The summed E-state index contributed by atoms with van der Waals surface area (Å²) in [7, 11) is 0. The minimum Gasteiger partial charge on any atom is -0.456 e. The van der Waals surface area contributed by atoms with E-state index in [2.05, 4.69) is 6.58 Å². The second kappa shape index (κ2) is 8.43. The van der Waals surface area contributed by atoms with Gasteiger partial charge in [0.2, 0.25) is 0 Å². The normalized spacial score (nSPS) is 9.14. The first-order valence-electron chi connectivity index (χ1n) is 6.02. The largest absolute Gasteiger partial charge is 0.456 e. The highest BCUT2D eigenvalue weighted by atomic mass is 35.5. The van der Waals surface area contributed by atoms with Crippen LogP contribution < -0.4 is 10.5 Å². The molecule has 7 heteroatoms. The molecule has 2 rings (SSSR count). The average Bonchev–Trinajstić information content (AvgIpc) is 2.53. The Morgan fingerprint density at radius 1 is 1.23 bits per heavy atom. The SMILES string of the molecule is C=CC=O.Nc1c([N+](=O)[O-])ccc(Oc2ccccc2)c1Cl. The van der Waals surface area contributed by atoms with Crippen LogP contribution in [0.25, 0.3) is 0 Å². The summed E-state index contributed by atoms with van der Waals surface area (Å²) in [5, 5.41) is 10.7. The van der Waals surface area contributed by atoms with Crippen LogP contribution in [0.5, 0.6) is 11.5 Å². The predicted molar refractivity (Wildman–Crippen MR) is 85.3 cm³/mol. The quantitative estimate of drug-likeness (QED) is 0.302. The topological polar surface area (TPSA) is 95.5 Å². The molecule has 0 aliphatic carbocycles. The lowest BCUT2D eigenvalue weighted by molar-refractivity contribution is -0.383. The molecule has 2 aromatic carbocycles. The zero-order valence-electron chi connectivity index (χ0n) is 11.4. The van der Waals surface area contributed by atoms with E-state index in [-0.39, 0.29) is 22.1 Å². The van der Waals surface area contributed by atoms with Crippen molar-refractivity contribution in [3.8, 4) is 11.5 Å². The van der Waals surface area contributed by atoms with E-state index in [1.165, 1.54) is 18.2 Å². The van der Waals surface area contributed by atoms with E-state index in [4.69, 9.17) is 26.9 Å². The number of nitrogens with two attached hydrogens (primary N) is 1. The van der Waals surface area contributed by atoms with E-state index in [0.717, 1.165) is 0 Å². The van der Waals surface area contributed by atoms with Crippen LogP contribution in [-0.2, 0) is 4.79 Å². The van der Waals surface area contributed by atoms with Crippen LogP contribution in [0.4, 0.5) is 11.4 Å². The van der Waals surface area contributed by atoms with Gasteiger partial charge in [-0.1, -0.05) is 36.4 Å². The van der Waals surface area contributed by atoms with Gasteiger partial charge < -0.3 is 10.5 Å². The Bertz CT molecular complexity index is 669. The van der Waals surface area contributed by atoms with Crippen LogP contribution >= 0.6 is 11.6 Å². The fourth-order valence-corrected chi connectivity index (χ4v) is 1.61. The van der Waals surface area contributed by atoms with Gasteiger partial charge in [-0.2, -0.15) is 0 Å². The third-order valence-corrected chi connectivity index (χ3v) is 2.78. The van der Waals surface area contributed by atoms with Crippen molar-refractivity contribution in [3.05, 3.63) is 70.3 Å². The number of aldehydes is 1. The second-order valence-electron chi connectivity index (χ2n) is 3.85. The number of carbonyl (C=O) groups excluding carboxylic acids is 1. The summed E-state index contributed by atoms with van der Waals surface area (Å²) in [4.78, 5) is 19.1. The Kier molecular flexibility index (Phi) is 6.59. The van der Waals surface area contributed by atoms with Gasteiger partial charge in [0.25, 0.3) is 5.69 Å². The number of nitro benzene ring substituents is 1. The molecule has 0 saturated heterocycles. The number of anilines is 1. The van der Waals surface area contributed by atoms with Crippen molar-refractivity contribution in [1.29, 1.82) is 0 Å². The summed E-state index contributed by atoms with van der Waals surface area (Å²) in [6.07, 6.45) is 1.83. The molecule has 22 heavy (non-hydrogen) atoms. The number of nitro groups is 1. The molecule has 0 radical (unpaired) electrons. The third-order valence-electron chi connectivity index (χ3n) is 2.39. The highest BCUT2D eigenvalue weighted by Gasteiger charge is 2.18. The second-order valence-corrected chi connectivity index (χ2v) is 4.23. The zero-order valence-corrected chi connectivity index (χ0v) is 12.2. The lowest BCUT2D eigenvalue weighted by Crippen LogP contribution is -1.97.